The normalized spacial score (nSPS) is 19.5. The second kappa shape index (κ2) is 7.63. The third-order valence-corrected chi connectivity index (χ3v) is 5.29. The monoisotopic (exact) mass is 420 g/mol. The van der Waals surface area contributed by atoms with Gasteiger partial charge in [0.15, 0.2) is 6.10 Å². The molecule has 0 N–H and O–H groups in total. The molecule has 8 heteroatoms. The average Bonchev–Trinajstić information content (AvgIpc) is 2.90. The molecule has 0 bridgehead atoms. The van der Waals surface area contributed by atoms with Gasteiger partial charge in [-0.25, -0.2) is 4.39 Å². The Bertz CT molecular complexity index is 994. The maximum Gasteiger partial charge on any atom is 0.417 e. The molecule has 0 spiro atoms. The van der Waals surface area contributed by atoms with Gasteiger partial charge < -0.3 is 9.64 Å². The molecule has 1 aliphatic heterocycles. The first kappa shape index (κ1) is 21.6. The van der Waals surface area contributed by atoms with Crippen molar-refractivity contribution in [3.05, 3.63) is 65.0 Å². The summed E-state index contributed by atoms with van der Waals surface area (Å²) in [6.07, 6.45) is -5.72. The van der Waals surface area contributed by atoms with Crippen molar-refractivity contribution in [2.45, 2.75) is 39.1 Å². The SMILES string of the molecule is CC(c1ccc(F)cc1)N1CC(C)(C)C(Oc2ccc(C#N)c(C(F)(F)F)c2)C1=O. The molecule has 1 amide bonds. The Morgan fingerprint density at radius 2 is 1.83 bits per heavy atom. The first-order chi connectivity index (χ1) is 13.9. The zero-order chi connectivity index (χ0) is 22.3. The zero-order valence-corrected chi connectivity index (χ0v) is 16.6. The number of carbonyl (C=O) groups excluding carboxylic acids is 1. The number of rotatable bonds is 4. The predicted octanol–water partition coefficient (Wildman–Crippen LogP) is 5.09. The van der Waals surface area contributed by atoms with E-state index in [1.165, 1.54) is 24.3 Å². The van der Waals surface area contributed by atoms with Gasteiger partial charge in [-0.05, 0) is 42.8 Å². The van der Waals surface area contributed by atoms with E-state index in [4.69, 9.17) is 10.00 Å². The topological polar surface area (TPSA) is 53.3 Å². The zero-order valence-electron chi connectivity index (χ0n) is 16.6. The minimum absolute atomic E-state index is 0.135. The van der Waals surface area contributed by atoms with Crippen LogP contribution in [0.3, 0.4) is 0 Å². The van der Waals surface area contributed by atoms with E-state index in [0.29, 0.717) is 6.54 Å². The van der Waals surface area contributed by atoms with Gasteiger partial charge in [-0.3, -0.25) is 4.79 Å². The van der Waals surface area contributed by atoms with E-state index in [2.05, 4.69) is 0 Å². The Hall–Kier alpha value is -3.08. The number of alkyl halides is 3. The van der Waals surface area contributed by atoms with Crippen LogP contribution < -0.4 is 4.74 Å². The van der Waals surface area contributed by atoms with E-state index in [1.54, 1.807) is 37.8 Å². The van der Waals surface area contributed by atoms with Gasteiger partial charge in [-0.15, -0.1) is 0 Å². The minimum Gasteiger partial charge on any atom is -0.480 e. The molecule has 1 heterocycles. The molecule has 1 fully saturated rings. The number of nitriles is 1. The molecule has 158 valence electrons. The lowest BCUT2D eigenvalue weighted by Gasteiger charge is -2.26. The lowest BCUT2D eigenvalue weighted by atomic mass is 9.89. The van der Waals surface area contributed by atoms with E-state index in [0.717, 1.165) is 17.7 Å². The molecule has 3 rings (SSSR count). The van der Waals surface area contributed by atoms with Crippen molar-refractivity contribution in [1.29, 1.82) is 5.26 Å². The number of halogens is 4. The lowest BCUT2D eigenvalue weighted by Crippen LogP contribution is -2.37. The predicted molar refractivity (Wildman–Crippen MR) is 101 cm³/mol. The summed E-state index contributed by atoms with van der Waals surface area (Å²) in [5, 5.41) is 8.93. The Morgan fingerprint density at radius 3 is 2.40 bits per heavy atom. The number of hydrogen-bond donors (Lipinski definition) is 0. The number of ether oxygens (including phenoxy) is 1. The van der Waals surface area contributed by atoms with E-state index in [9.17, 15) is 22.4 Å². The minimum atomic E-state index is -4.72. The summed E-state index contributed by atoms with van der Waals surface area (Å²) in [7, 11) is 0. The molecule has 2 atom stereocenters. The molecule has 2 aromatic carbocycles. The highest BCUT2D eigenvalue weighted by molar-refractivity contribution is 5.85. The largest absolute Gasteiger partial charge is 0.480 e. The van der Waals surface area contributed by atoms with Crippen molar-refractivity contribution in [3.8, 4) is 11.8 Å². The lowest BCUT2D eigenvalue weighted by molar-refractivity contribution is -0.138. The molecular formula is C22H20F4N2O2. The van der Waals surface area contributed by atoms with Crippen LogP contribution in [0.25, 0.3) is 0 Å². The summed E-state index contributed by atoms with van der Waals surface area (Å²) < 4.78 is 58.6. The number of hydrogen-bond acceptors (Lipinski definition) is 3. The van der Waals surface area contributed by atoms with Crippen LogP contribution in [0.4, 0.5) is 17.6 Å². The molecule has 4 nitrogen and oxygen atoms in total. The number of amides is 1. The van der Waals surface area contributed by atoms with E-state index >= 15 is 0 Å². The van der Waals surface area contributed by atoms with Crippen molar-refractivity contribution < 1.29 is 27.1 Å². The fraction of sp³-hybridized carbons (Fsp3) is 0.364. The van der Waals surface area contributed by atoms with Gasteiger partial charge in [0, 0.05) is 12.0 Å². The molecular weight excluding hydrogens is 400 g/mol. The Kier molecular flexibility index (Phi) is 5.50. The molecule has 0 saturated carbocycles. The summed E-state index contributed by atoms with van der Waals surface area (Å²) in [5.41, 5.74) is -1.57. The average molecular weight is 420 g/mol. The van der Waals surface area contributed by atoms with Gasteiger partial charge >= 0.3 is 6.18 Å². The summed E-state index contributed by atoms with van der Waals surface area (Å²) >= 11 is 0. The fourth-order valence-corrected chi connectivity index (χ4v) is 3.61. The van der Waals surface area contributed by atoms with Gasteiger partial charge in [-0.1, -0.05) is 26.0 Å². The number of carbonyl (C=O) groups is 1. The Balaban J connectivity index is 1.87. The van der Waals surface area contributed by atoms with Crippen LogP contribution in [0, 0.1) is 22.6 Å². The molecule has 2 aromatic rings. The van der Waals surface area contributed by atoms with E-state index in [1.807, 2.05) is 0 Å². The quantitative estimate of drug-likeness (QED) is 0.648. The number of benzene rings is 2. The summed E-state index contributed by atoms with van der Waals surface area (Å²) in [6.45, 7) is 5.70. The second-order valence-electron chi connectivity index (χ2n) is 8.00. The summed E-state index contributed by atoms with van der Waals surface area (Å²) in [6, 6.07) is 9.97. The van der Waals surface area contributed by atoms with Crippen molar-refractivity contribution in [3.63, 3.8) is 0 Å². The molecule has 1 saturated heterocycles. The van der Waals surface area contributed by atoms with Crippen molar-refractivity contribution >= 4 is 5.91 Å². The van der Waals surface area contributed by atoms with Crippen molar-refractivity contribution in [2.24, 2.45) is 5.41 Å². The van der Waals surface area contributed by atoms with Gasteiger partial charge in [0.05, 0.1) is 23.2 Å². The van der Waals surface area contributed by atoms with Crippen LogP contribution in [0.15, 0.2) is 42.5 Å². The van der Waals surface area contributed by atoms with Crippen LogP contribution in [-0.4, -0.2) is 23.5 Å². The van der Waals surface area contributed by atoms with Gasteiger partial charge in [0.2, 0.25) is 0 Å². The Labute approximate surface area is 171 Å². The highest BCUT2D eigenvalue weighted by atomic mass is 19.4. The standard InChI is InChI=1S/C22H20F4N2O2/c1-13(14-4-7-16(23)8-5-14)28-12-21(2,3)19(20(28)29)30-17-9-6-15(11-27)18(10-17)22(24,25)26/h4-10,13,19H,12H2,1-3H3. The van der Waals surface area contributed by atoms with Crippen molar-refractivity contribution in [1.82, 2.24) is 4.90 Å². The van der Waals surface area contributed by atoms with Crippen LogP contribution in [0.1, 0.15) is 43.5 Å². The summed E-state index contributed by atoms with van der Waals surface area (Å²) in [4.78, 5) is 14.6. The maximum atomic E-state index is 13.2. The van der Waals surface area contributed by atoms with Crippen molar-refractivity contribution in [2.75, 3.05) is 6.54 Å². The molecule has 0 aliphatic carbocycles. The van der Waals surface area contributed by atoms with Crippen LogP contribution in [0.2, 0.25) is 0 Å². The van der Waals surface area contributed by atoms with Gasteiger partial charge in [-0.2, -0.15) is 18.4 Å². The van der Waals surface area contributed by atoms with Crippen LogP contribution in [-0.2, 0) is 11.0 Å². The molecule has 30 heavy (non-hydrogen) atoms. The van der Waals surface area contributed by atoms with E-state index < -0.39 is 28.8 Å². The molecule has 0 aromatic heterocycles. The molecule has 1 aliphatic rings. The molecule has 2 unspecified atom stereocenters. The number of nitrogens with zero attached hydrogens (tertiary/aromatic N) is 2. The summed E-state index contributed by atoms with van der Waals surface area (Å²) in [5.74, 6) is -0.889. The fourth-order valence-electron chi connectivity index (χ4n) is 3.61. The van der Waals surface area contributed by atoms with Gasteiger partial charge in [0.25, 0.3) is 5.91 Å². The van der Waals surface area contributed by atoms with Crippen LogP contribution >= 0.6 is 0 Å². The Morgan fingerprint density at radius 1 is 1.20 bits per heavy atom. The smallest absolute Gasteiger partial charge is 0.417 e. The highest BCUT2D eigenvalue weighted by Gasteiger charge is 2.49. The molecule has 0 radical (unpaired) electrons. The third-order valence-electron chi connectivity index (χ3n) is 5.29. The van der Waals surface area contributed by atoms with Crippen LogP contribution in [0.5, 0.6) is 5.75 Å². The highest BCUT2D eigenvalue weighted by Crippen LogP contribution is 2.40. The number of likely N-dealkylation sites (tertiary alicyclic amines) is 1. The first-order valence-corrected chi connectivity index (χ1v) is 9.28. The van der Waals surface area contributed by atoms with E-state index in [-0.39, 0.29) is 23.5 Å². The first-order valence-electron chi connectivity index (χ1n) is 9.28. The maximum absolute atomic E-state index is 13.2. The third kappa shape index (κ3) is 4.11. The van der Waals surface area contributed by atoms with Gasteiger partial charge in [0.1, 0.15) is 11.6 Å². The second-order valence-corrected chi connectivity index (χ2v) is 8.00.